The van der Waals surface area contributed by atoms with Gasteiger partial charge in [0.2, 0.25) is 0 Å². The molecule has 6 heteroatoms. The SMILES string of the molecule is O=C(c1ccc(Cl)c(F)c1)N1CCN(CCBr)CC1. The highest BCUT2D eigenvalue weighted by molar-refractivity contribution is 9.09. The summed E-state index contributed by atoms with van der Waals surface area (Å²) in [5, 5.41) is 0.974. The maximum Gasteiger partial charge on any atom is 0.254 e. The van der Waals surface area contributed by atoms with Gasteiger partial charge in [-0.2, -0.15) is 0 Å². The monoisotopic (exact) mass is 348 g/mol. The lowest BCUT2D eigenvalue weighted by molar-refractivity contribution is 0.0644. The lowest BCUT2D eigenvalue weighted by atomic mass is 10.1. The van der Waals surface area contributed by atoms with Crippen LogP contribution in [0, 0.1) is 5.82 Å². The zero-order valence-corrected chi connectivity index (χ0v) is 12.8. The third kappa shape index (κ3) is 3.68. The summed E-state index contributed by atoms with van der Waals surface area (Å²) in [6.07, 6.45) is 0. The second-order valence-electron chi connectivity index (χ2n) is 4.45. The zero-order valence-electron chi connectivity index (χ0n) is 10.4. The molecule has 0 atom stereocenters. The molecule has 0 spiro atoms. The first-order valence-electron chi connectivity index (χ1n) is 6.14. The standard InChI is InChI=1S/C13H15BrClFN2O/c14-3-4-17-5-7-18(8-6-17)13(19)10-1-2-11(15)12(16)9-10/h1-2,9H,3-8H2. The van der Waals surface area contributed by atoms with Crippen LogP contribution in [-0.4, -0.2) is 53.8 Å². The van der Waals surface area contributed by atoms with E-state index in [4.69, 9.17) is 11.6 Å². The van der Waals surface area contributed by atoms with E-state index in [1.54, 1.807) is 11.0 Å². The molecule has 1 aromatic rings. The molecule has 0 saturated carbocycles. The number of halogens is 3. The van der Waals surface area contributed by atoms with Crippen molar-refractivity contribution in [2.75, 3.05) is 38.1 Å². The fraction of sp³-hybridized carbons (Fsp3) is 0.462. The summed E-state index contributed by atoms with van der Waals surface area (Å²) in [5.41, 5.74) is 0.357. The highest BCUT2D eigenvalue weighted by Gasteiger charge is 2.22. The number of hydrogen-bond acceptors (Lipinski definition) is 2. The predicted molar refractivity (Wildman–Crippen MR) is 77.5 cm³/mol. The molecule has 2 rings (SSSR count). The van der Waals surface area contributed by atoms with Crippen molar-refractivity contribution in [3.05, 3.63) is 34.6 Å². The van der Waals surface area contributed by atoms with E-state index in [1.807, 2.05) is 0 Å². The van der Waals surface area contributed by atoms with E-state index in [-0.39, 0.29) is 10.9 Å². The van der Waals surface area contributed by atoms with Crippen molar-refractivity contribution in [2.45, 2.75) is 0 Å². The van der Waals surface area contributed by atoms with Gasteiger partial charge in [0.25, 0.3) is 5.91 Å². The molecule has 0 bridgehead atoms. The van der Waals surface area contributed by atoms with Gasteiger partial charge in [-0.25, -0.2) is 4.39 Å². The number of piperazine rings is 1. The Balaban J connectivity index is 1.99. The van der Waals surface area contributed by atoms with E-state index < -0.39 is 5.82 Å². The van der Waals surface area contributed by atoms with Crippen LogP contribution in [-0.2, 0) is 0 Å². The number of alkyl halides is 1. The first-order valence-corrected chi connectivity index (χ1v) is 7.64. The maximum atomic E-state index is 13.4. The number of rotatable bonds is 3. The van der Waals surface area contributed by atoms with Gasteiger partial charge in [-0.05, 0) is 18.2 Å². The topological polar surface area (TPSA) is 23.6 Å². The molecule has 0 unspecified atom stereocenters. The number of benzene rings is 1. The first-order chi connectivity index (χ1) is 9.11. The Morgan fingerprint density at radius 3 is 2.58 bits per heavy atom. The third-order valence-corrected chi connectivity index (χ3v) is 3.89. The minimum Gasteiger partial charge on any atom is -0.336 e. The summed E-state index contributed by atoms with van der Waals surface area (Å²) in [4.78, 5) is 16.3. The Kier molecular flexibility index (Phi) is 5.19. The number of hydrogen-bond donors (Lipinski definition) is 0. The normalized spacial score (nSPS) is 16.7. The molecule has 1 saturated heterocycles. The molecule has 1 aliphatic heterocycles. The molecule has 104 valence electrons. The summed E-state index contributed by atoms with van der Waals surface area (Å²) in [6.45, 7) is 4.05. The van der Waals surface area contributed by atoms with E-state index in [9.17, 15) is 9.18 Å². The molecular formula is C13H15BrClFN2O. The van der Waals surface area contributed by atoms with Crippen LogP contribution in [0.3, 0.4) is 0 Å². The van der Waals surface area contributed by atoms with E-state index in [0.29, 0.717) is 18.7 Å². The van der Waals surface area contributed by atoms with E-state index in [1.165, 1.54) is 12.1 Å². The number of amides is 1. The summed E-state index contributed by atoms with van der Waals surface area (Å²) < 4.78 is 13.4. The summed E-state index contributed by atoms with van der Waals surface area (Å²) >= 11 is 9.02. The van der Waals surface area contributed by atoms with Crippen molar-refractivity contribution in [2.24, 2.45) is 0 Å². The van der Waals surface area contributed by atoms with Gasteiger partial charge in [-0.3, -0.25) is 9.69 Å². The molecule has 0 radical (unpaired) electrons. The highest BCUT2D eigenvalue weighted by Crippen LogP contribution is 2.17. The third-order valence-electron chi connectivity index (χ3n) is 3.23. The van der Waals surface area contributed by atoms with E-state index >= 15 is 0 Å². The quantitative estimate of drug-likeness (QED) is 0.783. The van der Waals surface area contributed by atoms with Crippen LogP contribution in [0.15, 0.2) is 18.2 Å². The number of carbonyl (C=O) groups is 1. The molecule has 0 aromatic heterocycles. The molecule has 1 fully saturated rings. The van der Waals surface area contributed by atoms with Crippen molar-refractivity contribution in [1.82, 2.24) is 9.80 Å². The van der Waals surface area contributed by atoms with Gasteiger partial charge in [0.1, 0.15) is 5.82 Å². The lowest BCUT2D eigenvalue weighted by Crippen LogP contribution is -2.49. The van der Waals surface area contributed by atoms with Crippen LogP contribution < -0.4 is 0 Å². The second kappa shape index (κ2) is 6.68. The minimum absolute atomic E-state index is 0.0405. The van der Waals surface area contributed by atoms with Crippen molar-refractivity contribution in [3.8, 4) is 0 Å². The average Bonchev–Trinajstić information content (AvgIpc) is 2.42. The molecule has 1 aromatic carbocycles. The molecule has 19 heavy (non-hydrogen) atoms. The molecule has 3 nitrogen and oxygen atoms in total. The Morgan fingerprint density at radius 1 is 1.32 bits per heavy atom. The smallest absolute Gasteiger partial charge is 0.254 e. The second-order valence-corrected chi connectivity index (χ2v) is 5.65. The van der Waals surface area contributed by atoms with Crippen LogP contribution in [0.1, 0.15) is 10.4 Å². The van der Waals surface area contributed by atoms with Crippen LogP contribution >= 0.6 is 27.5 Å². The minimum atomic E-state index is -0.551. The van der Waals surface area contributed by atoms with Crippen LogP contribution in [0.2, 0.25) is 5.02 Å². The molecule has 0 N–H and O–H groups in total. The molecular weight excluding hydrogens is 335 g/mol. The average molecular weight is 350 g/mol. The van der Waals surface area contributed by atoms with Gasteiger partial charge in [0.05, 0.1) is 5.02 Å². The van der Waals surface area contributed by atoms with Crippen LogP contribution in [0.4, 0.5) is 4.39 Å². The fourth-order valence-corrected chi connectivity index (χ4v) is 2.72. The number of nitrogens with zero attached hydrogens (tertiary/aromatic N) is 2. The van der Waals surface area contributed by atoms with E-state index in [2.05, 4.69) is 20.8 Å². The van der Waals surface area contributed by atoms with Crippen LogP contribution in [0.25, 0.3) is 0 Å². The van der Waals surface area contributed by atoms with Gasteiger partial charge < -0.3 is 4.90 Å². The van der Waals surface area contributed by atoms with Crippen molar-refractivity contribution < 1.29 is 9.18 Å². The van der Waals surface area contributed by atoms with Crippen molar-refractivity contribution >= 4 is 33.4 Å². The Morgan fingerprint density at radius 2 is 2.00 bits per heavy atom. The van der Waals surface area contributed by atoms with Gasteiger partial charge in [0.15, 0.2) is 0 Å². The Labute approximate surface area is 125 Å². The van der Waals surface area contributed by atoms with Crippen LogP contribution in [0.5, 0.6) is 0 Å². The van der Waals surface area contributed by atoms with Crippen molar-refractivity contribution in [3.63, 3.8) is 0 Å². The largest absolute Gasteiger partial charge is 0.336 e. The summed E-state index contributed by atoms with van der Waals surface area (Å²) in [7, 11) is 0. The Hall–Kier alpha value is -0.650. The fourth-order valence-electron chi connectivity index (χ4n) is 2.11. The first kappa shape index (κ1) is 14.8. The summed E-state index contributed by atoms with van der Waals surface area (Å²) in [6, 6.07) is 4.19. The predicted octanol–water partition coefficient (Wildman–Crippen LogP) is 2.63. The molecule has 1 amide bonds. The lowest BCUT2D eigenvalue weighted by Gasteiger charge is -2.34. The van der Waals surface area contributed by atoms with Gasteiger partial charge >= 0.3 is 0 Å². The molecule has 1 heterocycles. The molecule has 0 aliphatic carbocycles. The maximum absolute atomic E-state index is 13.4. The van der Waals surface area contributed by atoms with Gasteiger partial charge in [-0.15, -0.1) is 0 Å². The molecule has 1 aliphatic rings. The number of carbonyl (C=O) groups excluding carboxylic acids is 1. The summed E-state index contributed by atoms with van der Waals surface area (Å²) in [5.74, 6) is -0.681. The Bertz CT molecular complexity index is 464. The van der Waals surface area contributed by atoms with E-state index in [0.717, 1.165) is 25.0 Å². The van der Waals surface area contributed by atoms with Crippen molar-refractivity contribution in [1.29, 1.82) is 0 Å². The zero-order chi connectivity index (χ0) is 13.8. The van der Waals surface area contributed by atoms with Gasteiger partial charge in [0, 0.05) is 43.6 Å². The van der Waals surface area contributed by atoms with Gasteiger partial charge in [-0.1, -0.05) is 27.5 Å². The highest BCUT2D eigenvalue weighted by atomic mass is 79.9.